The van der Waals surface area contributed by atoms with Crippen LogP contribution in [0.4, 0.5) is 10.5 Å². The molecule has 1 saturated heterocycles. The third-order valence-electron chi connectivity index (χ3n) is 5.28. The number of nitrogens with one attached hydrogen (secondary N) is 2. The lowest BCUT2D eigenvalue weighted by atomic mass is 9.72. The second kappa shape index (κ2) is 7.54. The van der Waals surface area contributed by atoms with Crippen molar-refractivity contribution in [3.05, 3.63) is 24.3 Å². The van der Waals surface area contributed by atoms with Crippen molar-refractivity contribution < 1.29 is 17.9 Å². The fraction of sp³-hybridized carbons (Fsp3) is 0.611. The van der Waals surface area contributed by atoms with E-state index in [1.807, 2.05) is 0 Å². The molecule has 26 heavy (non-hydrogen) atoms. The SMILES string of the molecule is CN(C)S(=O)(=O)c1cccc(NC(=O)NCC2CCOC3(CCC3)C2)c1. The maximum absolute atomic E-state index is 12.2. The number of sulfonamides is 1. The van der Waals surface area contributed by atoms with Crippen molar-refractivity contribution in [2.24, 2.45) is 5.92 Å². The lowest BCUT2D eigenvalue weighted by Gasteiger charge is -2.47. The van der Waals surface area contributed by atoms with Crippen LogP contribution in [0.25, 0.3) is 0 Å². The molecule has 1 spiro atoms. The molecule has 1 aliphatic carbocycles. The van der Waals surface area contributed by atoms with E-state index in [-0.39, 0.29) is 16.5 Å². The van der Waals surface area contributed by atoms with Crippen molar-refractivity contribution in [3.8, 4) is 0 Å². The minimum absolute atomic E-state index is 0.0654. The number of carbonyl (C=O) groups excluding carboxylic acids is 1. The molecule has 1 aliphatic heterocycles. The third kappa shape index (κ3) is 4.19. The fourth-order valence-electron chi connectivity index (χ4n) is 3.58. The van der Waals surface area contributed by atoms with Crippen molar-refractivity contribution in [1.29, 1.82) is 0 Å². The molecule has 0 aromatic heterocycles. The van der Waals surface area contributed by atoms with Gasteiger partial charge in [0.1, 0.15) is 0 Å². The first-order valence-electron chi connectivity index (χ1n) is 9.02. The molecule has 1 atom stereocenters. The Hall–Kier alpha value is -1.64. The van der Waals surface area contributed by atoms with Gasteiger partial charge in [-0.2, -0.15) is 0 Å². The predicted molar refractivity (Wildman–Crippen MR) is 99.6 cm³/mol. The highest BCUT2D eigenvalue weighted by atomic mass is 32.2. The van der Waals surface area contributed by atoms with E-state index in [0.717, 1.165) is 36.6 Å². The highest BCUT2D eigenvalue weighted by molar-refractivity contribution is 7.89. The molecule has 2 N–H and O–H groups in total. The summed E-state index contributed by atoms with van der Waals surface area (Å²) in [5.41, 5.74) is 0.517. The first kappa shape index (κ1) is 19.1. The normalized spacial score (nSPS) is 22.0. The number of benzene rings is 1. The average molecular weight is 381 g/mol. The van der Waals surface area contributed by atoms with Crippen molar-refractivity contribution >= 4 is 21.7 Å². The van der Waals surface area contributed by atoms with Gasteiger partial charge in [-0.25, -0.2) is 17.5 Å². The van der Waals surface area contributed by atoms with Crippen molar-refractivity contribution in [3.63, 3.8) is 0 Å². The van der Waals surface area contributed by atoms with Gasteiger partial charge in [-0.1, -0.05) is 6.07 Å². The smallest absolute Gasteiger partial charge is 0.319 e. The molecule has 8 heteroatoms. The molecule has 0 radical (unpaired) electrons. The number of anilines is 1. The molecular formula is C18H27N3O4S. The fourth-order valence-corrected chi connectivity index (χ4v) is 4.53. The average Bonchev–Trinajstić information content (AvgIpc) is 2.59. The first-order chi connectivity index (χ1) is 12.3. The van der Waals surface area contributed by atoms with E-state index in [2.05, 4.69) is 10.6 Å². The topological polar surface area (TPSA) is 87.7 Å². The summed E-state index contributed by atoms with van der Waals surface area (Å²) in [5, 5.41) is 5.62. The number of rotatable bonds is 5. The van der Waals surface area contributed by atoms with Crippen LogP contribution in [-0.2, 0) is 14.8 Å². The number of amides is 2. The van der Waals surface area contributed by atoms with Crippen LogP contribution < -0.4 is 10.6 Å². The summed E-state index contributed by atoms with van der Waals surface area (Å²) >= 11 is 0. The summed E-state index contributed by atoms with van der Waals surface area (Å²) in [6.07, 6.45) is 5.45. The van der Waals surface area contributed by atoms with E-state index >= 15 is 0 Å². The number of carbonyl (C=O) groups is 1. The molecule has 7 nitrogen and oxygen atoms in total. The van der Waals surface area contributed by atoms with Gasteiger partial charge in [-0.15, -0.1) is 0 Å². The van der Waals surface area contributed by atoms with Gasteiger partial charge >= 0.3 is 6.03 Å². The van der Waals surface area contributed by atoms with Crippen molar-refractivity contribution in [1.82, 2.24) is 9.62 Å². The molecule has 2 amide bonds. The van der Waals surface area contributed by atoms with Crippen molar-refractivity contribution in [2.75, 3.05) is 32.6 Å². The number of nitrogens with zero attached hydrogens (tertiary/aromatic N) is 1. The quantitative estimate of drug-likeness (QED) is 0.820. The lowest BCUT2D eigenvalue weighted by Crippen LogP contribution is -2.47. The van der Waals surface area contributed by atoms with Crippen molar-refractivity contribution in [2.45, 2.75) is 42.6 Å². The molecule has 2 aliphatic rings. The standard InChI is InChI=1S/C18H27N3O4S/c1-21(2)26(23,24)16-6-3-5-15(11-16)20-17(22)19-13-14-7-10-25-18(12-14)8-4-9-18/h3,5-6,11,14H,4,7-10,12-13H2,1-2H3,(H2,19,20,22). The Morgan fingerprint density at radius 3 is 2.77 bits per heavy atom. The molecule has 144 valence electrons. The Morgan fingerprint density at radius 1 is 1.35 bits per heavy atom. The Bertz CT molecular complexity index is 759. The molecule has 1 aromatic carbocycles. The van der Waals surface area contributed by atoms with Gasteiger partial charge in [0.15, 0.2) is 0 Å². The highest BCUT2D eigenvalue weighted by Gasteiger charge is 2.42. The number of ether oxygens (including phenoxy) is 1. The van der Waals surface area contributed by atoms with E-state index < -0.39 is 10.0 Å². The van der Waals surface area contributed by atoms with E-state index in [4.69, 9.17) is 4.74 Å². The molecule has 1 unspecified atom stereocenters. The monoisotopic (exact) mass is 381 g/mol. The molecule has 1 saturated carbocycles. The van der Waals surface area contributed by atoms with E-state index in [9.17, 15) is 13.2 Å². The van der Waals surface area contributed by atoms with E-state index in [1.165, 1.54) is 32.6 Å². The summed E-state index contributed by atoms with van der Waals surface area (Å²) in [6, 6.07) is 5.95. The molecule has 2 fully saturated rings. The van der Waals surface area contributed by atoms with Gasteiger partial charge in [0, 0.05) is 32.9 Å². The van der Waals surface area contributed by atoms with Crippen LogP contribution >= 0.6 is 0 Å². The van der Waals surface area contributed by atoms with Gasteiger partial charge in [-0.05, 0) is 56.2 Å². The zero-order chi connectivity index (χ0) is 18.8. The van der Waals surface area contributed by atoms with Crippen LogP contribution in [0.5, 0.6) is 0 Å². The second-order valence-corrected chi connectivity index (χ2v) is 9.55. The van der Waals surface area contributed by atoms with Crippen LogP contribution in [0.15, 0.2) is 29.2 Å². The Morgan fingerprint density at radius 2 is 2.12 bits per heavy atom. The Labute approximate surface area is 155 Å². The lowest BCUT2D eigenvalue weighted by molar-refractivity contribution is -0.142. The summed E-state index contributed by atoms with van der Waals surface area (Å²) in [5.74, 6) is 0.426. The zero-order valence-corrected chi connectivity index (χ0v) is 16.1. The van der Waals surface area contributed by atoms with Crippen LogP contribution in [-0.4, -0.2) is 51.6 Å². The van der Waals surface area contributed by atoms with Gasteiger partial charge in [0.2, 0.25) is 10.0 Å². The summed E-state index contributed by atoms with van der Waals surface area (Å²) in [4.78, 5) is 12.3. The number of hydrogen-bond acceptors (Lipinski definition) is 4. The van der Waals surface area contributed by atoms with Crippen LogP contribution in [0, 0.1) is 5.92 Å². The number of urea groups is 1. The second-order valence-electron chi connectivity index (χ2n) is 7.39. The van der Waals surface area contributed by atoms with Gasteiger partial charge < -0.3 is 15.4 Å². The highest BCUT2D eigenvalue weighted by Crippen LogP contribution is 2.44. The minimum atomic E-state index is -3.53. The predicted octanol–water partition coefficient (Wildman–Crippen LogP) is 2.41. The molecular weight excluding hydrogens is 354 g/mol. The Balaban J connectivity index is 1.54. The van der Waals surface area contributed by atoms with Gasteiger partial charge in [0.25, 0.3) is 0 Å². The molecule has 1 heterocycles. The third-order valence-corrected chi connectivity index (χ3v) is 7.09. The summed E-state index contributed by atoms with van der Waals surface area (Å²) < 4.78 is 31.4. The van der Waals surface area contributed by atoms with Crippen LogP contribution in [0.1, 0.15) is 32.1 Å². The Kier molecular flexibility index (Phi) is 5.55. The maximum atomic E-state index is 12.2. The summed E-state index contributed by atoms with van der Waals surface area (Å²) in [6.45, 7) is 1.37. The van der Waals surface area contributed by atoms with Crippen LogP contribution in [0.3, 0.4) is 0 Å². The largest absolute Gasteiger partial charge is 0.375 e. The number of hydrogen-bond donors (Lipinski definition) is 2. The van der Waals surface area contributed by atoms with Gasteiger partial charge in [0.05, 0.1) is 10.5 Å². The van der Waals surface area contributed by atoms with Crippen LogP contribution in [0.2, 0.25) is 0 Å². The molecule has 3 rings (SSSR count). The maximum Gasteiger partial charge on any atom is 0.319 e. The molecule has 0 bridgehead atoms. The van der Waals surface area contributed by atoms with Gasteiger partial charge in [-0.3, -0.25) is 0 Å². The molecule has 1 aromatic rings. The first-order valence-corrected chi connectivity index (χ1v) is 10.5. The zero-order valence-electron chi connectivity index (χ0n) is 15.3. The minimum Gasteiger partial charge on any atom is -0.375 e. The van der Waals surface area contributed by atoms with E-state index in [0.29, 0.717) is 18.2 Å². The van der Waals surface area contributed by atoms with E-state index in [1.54, 1.807) is 12.1 Å². The summed E-state index contributed by atoms with van der Waals surface area (Å²) in [7, 11) is -0.572.